The SMILES string of the molecule is CN(CCCCN(CCCCN)C(=O)OC(C)(C)C)C(=O)O. The summed E-state index contributed by atoms with van der Waals surface area (Å²) in [5.41, 5.74) is 4.96. The molecule has 0 atom stereocenters. The van der Waals surface area contributed by atoms with Crippen molar-refractivity contribution < 1.29 is 19.4 Å². The van der Waals surface area contributed by atoms with Crippen molar-refractivity contribution in [3.05, 3.63) is 0 Å². The van der Waals surface area contributed by atoms with Gasteiger partial charge in [-0.1, -0.05) is 0 Å². The predicted octanol–water partition coefficient (Wildman–Crippen LogP) is 2.35. The zero-order valence-electron chi connectivity index (χ0n) is 14.3. The van der Waals surface area contributed by atoms with Gasteiger partial charge in [-0.05, 0) is 53.0 Å². The molecule has 7 nitrogen and oxygen atoms in total. The Kier molecular flexibility index (Phi) is 9.56. The summed E-state index contributed by atoms with van der Waals surface area (Å²) >= 11 is 0. The number of amides is 2. The maximum Gasteiger partial charge on any atom is 0.410 e. The van der Waals surface area contributed by atoms with Gasteiger partial charge in [0.05, 0.1) is 0 Å². The van der Waals surface area contributed by atoms with Gasteiger partial charge < -0.3 is 25.4 Å². The van der Waals surface area contributed by atoms with Gasteiger partial charge in [0.25, 0.3) is 0 Å². The molecule has 0 rings (SSSR count). The topological polar surface area (TPSA) is 96.1 Å². The lowest BCUT2D eigenvalue weighted by Gasteiger charge is -2.27. The van der Waals surface area contributed by atoms with Gasteiger partial charge in [0, 0.05) is 26.7 Å². The number of nitrogens with two attached hydrogens (primary N) is 1. The van der Waals surface area contributed by atoms with Gasteiger partial charge in [0.2, 0.25) is 0 Å². The van der Waals surface area contributed by atoms with Gasteiger partial charge >= 0.3 is 12.2 Å². The molecule has 0 aliphatic rings. The summed E-state index contributed by atoms with van der Waals surface area (Å²) in [5, 5.41) is 8.78. The van der Waals surface area contributed by atoms with E-state index < -0.39 is 11.7 Å². The van der Waals surface area contributed by atoms with Crippen LogP contribution in [0.25, 0.3) is 0 Å². The first-order valence-corrected chi connectivity index (χ1v) is 7.79. The van der Waals surface area contributed by atoms with Gasteiger partial charge in [0.1, 0.15) is 5.60 Å². The Balaban J connectivity index is 4.29. The highest BCUT2D eigenvalue weighted by Crippen LogP contribution is 2.11. The minimum atomic E-state index is -0.938. The molecule has 2 amide bonds. The summed E-state index contributed by atoms with van der Waals surface area (Å²) in [6.07, 6.45) is 1.88. The highest BCUT2D eigenvalue weighted by molar-refractivity contribution is 5.68. The molecule has 0 fully saturated rings. The van der Waals surface area contributed by atoms with E-state index in [4.69, 9.17) is 15.6 Å². The largest absolute Gasteiger partial charge is 0.465 e. The van der Waals surface area contributed by atoms with Crippen molar-refractivity contribution in [1.82, 2.24) is 9.80 Å². The van der Waals surface area contributed by atoms with Crippen LogP contribution < -0.4 is 5.73 Å². The van der Waals surface area contributed by atoms with Crippen LogP contribution in [0.5, 0.6) is 0 Å². The van der Waals surface area contributed by atoms with Crippen LogP contribution in [-0.4, -0.2) is 65.9 Å². The Morgan fingerprint density at radius 2 is 1.55 bits per heavy atom. The van der Waals surface area contributed by atoms with E-state index in [0.29, 0.717) is 32.6 Å². The molecule has 0 aliphatic carbocycles. The Bertz CT molecular complexity index is 342. The lowest BCUT2D eigenvalue weighted by Crippen LogP contribution is -2.38. The number of nitrogens with zero attached hydrogens (tertiary/aromatic N) is 2. The third-order valence-corrected chi connectivity index (χ3v) is 3.03. The molecule has 0 saturated carbocycles. The van der Waals surface area contributed by atoms with Crippen molar-refractivity contribution in [1.29, 1.82) is 0 Å². The second-order valence-corrected chi connectivity index (χ2v) is 6.37. The Morgan fingerprint density at radius 3 is 2.00 bits per heavy atom. The fourth-order valence-corrected chi connectivity index (χ4v) is 1.82. The minimum absolute atomic E-state index is 0.323. The number of hydrogen-bond donors (Lipinski definition) is 2. The Hall–Kier alpha value is -1.50. The maximum atomic E-state index is 12.2. The van der Waals surface area contributed by atoms with Gasteiger partial charge in [0.15, 0.2) is 0 Å². The van der Waals surface area contributed by atoms with Crippen molar-refractivity contribution >= 4 is 12.2 Å². The molecule has 0 spiro atoms. The molecular formula is C15H31N3O4. The first-order chi connectivity index (χ1) is 10.2. The van der Waals surface area contributed by atoms with Crippen molar-refractivity contribution in [3.8, 4) is 0 Å². The second kappa shape index (κ2) is 10.3. The smallest absolute Gasteiger partial charge is 0.410 e. The van der Waals surface area contributed by atoms with E-state index in [1.807, 2.05) is 20.8 Å². The van der Waals surface area contributed by atoms with E-state index in [-0.39, 0.29) is 6.09 Å². The third kappa shape index (κ3) is 10.3. The number of unbranched alkanes of at least 4 members (excludes halogenated alkanes) is 2. The van der Waals surface area contributed by atoms with Crippen LogP contribution in [0.2, 0.25) is 0 Å². The standard InChI is InChI=1S/C15H31N3O4/c1-15(2,3)22-14(21)18(11-6-5-9-16)12-8-7-10-17(4)13(19)20/h5-12,16H2,1-4H3,(H,19,20). The number of ether oxygens (including phenoxy) is 1. The molecule has 0 saturated heterocycles. The zero-order chi connectivity index (χ0) is 17.2. The van der Waals surface area contributed by atoms with E-state index in [0.717, 1.165) is 19.3 Å². The predicted molar refractivity (Wildman–Crippen MR) is 86.0 cm³/mol. The first-order valence-electron chi connectivity index (χ1n) is 7.79. The summed E-state index contributed by atoms with van der Waals surface area (Å²) < 4.78 is 5.40. The first kappa shape index (κ1) is 20.5. The summed E-state index contributed by atoms with van der Waals surface area (Å²) in [6.45, 7) is 7.75. The molecule has 0 heterocycles. The quantitative estimate of drug-likeness (QED) is 0.636. The molecule has 0 radical (unpaired) electrons. The van der Waals surface area contributed by atoms with Crippen LogP contribution >= 0.6 is 0 Å². The number of carbonyl (C=O) groups is 2. The lowest BCUT2D eigenvalue weighted by molar-refractivity contribution is 0.0243. The van der Waals surface area contributed by atoms with Gasteiger partial charge in [-0.25, -0.2) is 9.59 Å². The number of hydrogen-bond acceptors (Lipinski definition) is 4. The Labute approximate surface area is 133 Å². The van der Waals surface area contributed by atoms with Crippen LogP contribution in [-0.2, 0) is 4.74 Å². The van der Waals surface area contributed by atoms with E-state index in [1.165, 1.54) is 11.9 Å². The fraction of sp³-hybridized carbons (Fsp3) is 0.867. The molecule has 0 aromatic heterocycles. The van der Waals surface area contributed by atoms with Crippen LogP contribution in [0.1, 0.15) is 46.5 Å². The van der Waals surface area contributed by atoms with Gasteiger partial charge in [-0.15, -0.1) is 0 Å². The van der Waals surface area contributed by atoms with Crippen molar-refractivity contribution in [2.24, 2.45) is 5.73 Å². The van der Waals surface area contributed by atoms with E-state index in [2.05, 4.69) is 0 Å². The summed E-state index contributed by atoms with van der Waals surface area (Å²) in [4.78, 5) is 25.8. The molecule has 0 aliphatic heterocycles. The van der Waals surface area contributed by atoms with Crippen LogP contribution in [0.15, 0.2) is 0 Å². The van der Waals surface area contributed by atoms with Crippen molar-refractivity contribution in [2.75, 3.05) is 33.2 Å². The lowest BCUT2D eigenvalue weighted by atomic mass is 10.2. The molecule has 7 heteroatoms. The number of carboxylic acid groups (broad SMARTS) is 1. The summed E-state index contributed by atoms with van der Waals surface area (Å²) in [7, 11) is 1.54. The minimum Gasteiger partial charge on any atom is -0.465 e. The van der Waals surface area contributed by atoms with Crippen LogP contribution in [0.4, 0.5) is 9.59 Å². The summed E-state index contributed by atoms with van der Waals surface area (Å²) in [6, 6.07) is 0. The molecular weight excluding hydrogens is 286 g/mol. The van der Waals surface area contributed by atoms with Crippen LogP contribution in [0.3, 0.4) is 0 Å². The normalized spacial score (nSPS) is 11.1. The van der Waals surface area contributed by atoms with E-state index in [1.54, 1.807) is 4.90 Å². The molecule has 0 bridgehead atoms. The zero-order valence-corrected chi connectivity index (χ0v) is 14.3. The van der Waals surface area contributed by atoms with E-state index in [9.17, 15) is 9.59 Å². The molecule has 3 N–H and O–H groups in total. The van der Waals surface area contributed by atoms with Crippen LogP contribution in [0, 0.1) is 0 Å². The number of carbonyl (C=O) groups excluding carboxylic acids is 1. The molecule has 0 aromatic carbocycles. The van der Waals surface area contributed by atoms with Crippen molar-refractivity contribution in [2.45, 2.75) is 52.1 Å². The van der Waals surface area contributed by atoms with Gasteiger partial charge in [-0.2, -0.15) is 0 Å². The van der Waals surface area contributed by atoms with E-state index >= 15 is 0 Å². The molecule has 130 valence electrons. The monoisotopic (exact) mass is 317 g/mol. The fourth-order valence-electron chi connectivity index (χ4n) is 1.82. The van der Waals surface area contributed by atoms with Crippen molar-refractivity contribution in [3.63, 3.8) is 0 Å². The number of rotatable bonds is 9. The maximum absolute atomic E-state index is 12.2. The molecule has 0 aromatic rings. The molecule has 22 heavy (non-hydrogen) atoms. The van der Waals surface area contributed by atoms with Gasteiger partial charge in [-0.3, -0.25) is 0 Å². The third-order valence-electron chi connectivity index (χ3n) is 3.03. The average Bonchev–Trinajstić information content (AvgIpc) is 2.39. The Morgan fingerprint density at radius 1 is 1.05 bits per heavy atom. The highest BCUT2D eigenvalue weighted by atomic mass is 16.6. The summed E-state index contributed by atoms with van der Waals surface area (Å²) in [5.74, 6) is 0. The average molecular weight is 317 g/mol. The molecule has 0 unspecified atom stereocenters. The second-order valence-electron chi connectivity index (χ2n) is 6.37. The highest BCUT2D eigenvalue weighted by Gasteiger charge is 2.21.